The first-order chi connectivity index (χ1) is 14.6. The smallest absolute Gasteiger partial charge is 0.224 e. The zero-order valence-corrected chi connectivity index (χ0v) is 16.8. The molecule has 0 unspecified atom stereocenters. The number of fused-ring (bicyclic) bond motifs is 1. The molecule has 7 nitrogen and oxygen atoms in total. The number of ether oxygens (including phenoxy) is 1. The van der Waals surface area contributed by atoms with Gasteiger partial charge in [-0.1, -0.05) is 0 Å². The fourth-order valence-electron chi connectivity index (χ4n) is 3.72. The molecule has 0 atom stereocenters. The summed E-state index contributed by atoms with van der Waals surface area (Å²) < 4.78 is 18.9. The third-order valence-corrected chi connectivity index (χ3v) is 5.40. The van der Waals surface area contributed by atoms with Crippen molar-refractivity contribution in [3.63, 3.8) is 0 Å². The van der Waals surface area contributed by atoms with Crippen molar-refractivity contribution in [3.8, 4) is 5.75 Å². The van der Waals surface area contributed by atoms with E-state index in [4.69, 9.17) is 10.5 Å². The first-order valence-corrected chi connectivity index (χ1v) is 10.2. The highest BCUT2D eigenvalue weighted by molar-refractivity contribution is 5.94. The lowest BCUT2D eigenvalue weighted by Gasteiger charge is -2.36. The number of carbonyl (C=O) groups excluding carboxylic acids is 1. The monoisotopic (exact) mass is 411 g/mol. The zero-order valence-electron chi connectivity index (χ0n) is 16.8. The number of hydrogen-bond donors (Lipinski definition) is 2. The minimum absolute atomic E-state index is 0.0551. The maximum Gasteiger partial charge on any atom is 0.224 e. The summed E-state index contributed by atoms with van der Waals surface area (Å²) in [7, 11) is 0. The Kier molecular flexibility index (Phi) is 6.02. The minimum atomic E-state index is -0.224. The number of rotatable bonds is 5. The number of aryl methyl sites for hydroxylation is 1. The third-order valence-electron chi connectivity index (χ3n) is 5.40. The van der Waals surface area contributed by atoms with Gasteiger partial charge in [-0.25, -0.2) is 9.38 Å². The van der Waals surface area contributed by atoms with E-state index in [9.17, 15) is 9.18 Å². The molecule has 0 spiro atoms. The van der Waals surface area contributed by atoms with Crippen molar-refractivity contribution in [1.29, 1.82) is 0 Å². The number of piperazine rings is 1. The summed E-state index contributed by atoms with van der Waals surface area (Å²) >= 11 is 0. The molecule has 2 aliphatic rings. The van der Waals surface area contributed by atoms with Gasteiger partial charge in [0.1, 0.15) is 18.2 Å². The molecule has 0 bridgehead atoms. The van der Waals surface area contributed by atoms with Gasteiger partial charge in [-0.2, -0.15) is 0 Å². The summed E-state index contributed by atoms with van der Waals surface area (Å²) in [6, 6.07) is 12.3. The molecular weight excluding hydrogens is 385 g/mol. The molecule has 1 amide bonds. The molecule has 8 heteroatoms. The van der Waals surface area contributed by atoms with Crippen LogP contribution in [0, 0.1) is 5.82 Å². The number of benzene rings is 2. The molecule has 2 aliphatic heterocycles. The highest BCUT2D eigenvalue weighted by atomic mass is 19.1. The molecule has 2 aromatic carbocycles. The van der Waals surface area contributed by atoms with Gasteiger partial charge < -0.3 is 25.6 Å². The van der Waals surface area contributed by atoms with Crippen molar-refractivity contribution in [2.75, 3.05) is 49.5 Å². The van der Waals surface area contributed by atoms with Gasteiger partial charge in [0.05, 0.1) is 6.54 Å². The first kappa shape index (κ1) is 20.0. The van der Waals surface area contributed by atoms with E-state index in [1.54, 1.807) is 12.1 Å². The van der Waals surface area contributed by atoms with Crippen LogP contribution in [0.3, 0.4) is 0 Å². The zero-order chi connectivity index (χ0) is 20.9. The maximum absolute atomic E-state index is 13.1. The van der Waals surface area contributed by atoms with E-state index < -0.39 is 0 Å². The van der Waals surface area contributed by atoms with Crippen LogP contribution < -0.4 is 20.7 Å². The van der Waals surface area contributed by atoms with Crippen molar-refractivity contribution < 1.29 is 13.9 Å². The quantitative estimate of drug-likeness (QED) is 0.448. The van der Waals surface area contributed by atoms with Gasteiger partial charge in [-0.3, -0.25) is 4.79 Å². The lowest BCUT2D eigenvalue weighted by molar-refractivity contribution is -0.116. The summed E-state index contributed by atoms with van der Waals surface area (Å²) in [5.74, 6) is 1.12. The average Bonchev–Trinajstić information content (AvgIpc) is 2.77. The fraction of sp³-hybridized carbons (Fsp3) is 0.364. The van der Waals surface area contributed by atoms with Crippen molar-refractivity contribution >= 4 is 23.2 Å². The predicted octanol–water partition coefficient (Wildman–Crippen LogP) is 2.23. The van der Waals surface area contributed by atoms with Crippen LogP contribution >= 0.6 is 0 Å². The van der Waals surface area contributed by atoms with Crippen LogP contribution in [-0.4, -0.2) is 56.1 Å². The van der Waals surface area contributed by atoms with E-state index >= 15 is 0 Å². The topological polar surface area (TPSA) is 83.2 Å². The molecule has 3 N–H and O–H groups in total. The van der Waals surface area contributed by atoms with E-state index in [2.05, 4.69) is 20.1 Å². The van der Waals surface area contributed by atoms with Crippen LogP contribution in [0.4, 0.5) is 15.8 Å². The predicted molar refractivity (Wildman–Crippen MR) is 116 cm³/mol. The second kappa shape index (κ2) is 9.02. The molecule has 4 rings (SSSR count). The Morgan fingerprint density at radius 3 is 2.63 bits per heavy atom. The molecule has 0 radical (unpaired) electrons. The number of carbonyl (C=O) groups is 1. The van der Waals surface area contributed by atoms with Crippen LogP contribution in [-0.2, 0) is 11.2 Å². The number of hydrogen-bond acceptors (Lipinski definition) is 4. The molecule has 158 valence electrons. The highest BCUT2D eigenvalue weighted by Crippen LogP contribution is 2.26. The van der Waals surface area contributed by atoms with Gasteiger partial charge >= 0.3 is 0 Å². The Morgan fingerprint density at radius 1 is 1.10 bits per heavy atom. The number of halogens is 1. The largest absolute Gasteiger partial charge is 0.492 e. The van der Waals surface area contributed by atoms with E-state index in [-0.39, 0.29) is 11.7 Å². The molecule has 1 fully saturated rings. The Morgan fingerprint density at radius 2 is 1.87 bits per heavy atom. The summed E-state index contributed by atoms with van der Waals surface area (Å²) in [6.07, 6.45) is 1.24. The van der Waals surface area contributed by atoms with E-state index in [0.717, 1.165) is 55.3 Å². The molecule has 0 aromatic heterocycles. The van der Waals surface area contributed by atoms with Gasteiger partial charge in [0.25, 0.3) is 0 Å². The lowest BCUT2D eigenvalue weighted by atomic mass is 10.0. The Bertz CT molecular complexity index is 924. The van der Waals surface area contributed by atoms with Crippen LogP contribution in [0.15, 0.2) is 47.5 Å². The van der Waals surface area contributed by atoms with Crippen molar-refractivity contribution in [3.05, 3.63) is 53.8 Å². The molecule has 0 aliphatic carbocycles. The summed E-state index contributed by atoms with van der Waals surface area (Å²) in [5.41, 5.74) is 9.12. The fourth-order valence-corrected chi connectivity index (χ4v) is 3.72. The van der Waals surface area contributed by atoms with Gasteiger partial charge in [-0.05, 0) is 54.4 Å². The molecule has 2 aromatic rings. The minimum Gasteiger partial charge on any atom is -0.492 e. The number of anilines is 2. The number of nitrogens with two attached hydrogens (primary N) is 1. The second-order valence-corrected chi connectivity index (χ2v) is 7.41. The van der Waals surface area contributed by atoms with Gasteiger partial charge in [0, 0.05) is 44.0 Å². The Labute approximate surface area is 175 Å². The molecular formula is C22H26FN5O2. The lowest BCUT2D eigenvalue weighted by Crippen LogP contribution is -2.51. The summed E-state index contributed by atoms with van der Waals surface area (Å²) in [5, 5.41) is 2.86. The number of amides is 1. The van der Waals surface area contributed by atoms with Gasteiger partial charge in [0.15, 0.2) is 5.96 Å². The Balaban J connectivity index is 1.22. The molecule has 2 heterocycles. The number of nitrogens with one attached hydrogen (secondary N) is 1. The standard InChI is InChI=1S/C22H26FN5O2/c23-17-2-4-18(5-3-17)27-10-12-28(13-11-27)22(24)25-9-14-30-19-6-7-20-16(15-19)1-8-21(29)26-20/h2-7,15H,1,8-14H2,(H2,24,25)(H,26,29). The molecule has 0 saturated carbocycles. The summed E-state index contributed by atoms with van der Waals surface area (Å²) in [6.45, 7) is 4.06. The van der Waals surface area contributed by atoms with Crippen molar-refractivity contribution in [2.45, 2.75) is 12.8 Å². The SMILES string of the molecule is NC(=NCCOc1ccc2c(c1)CCC(=O)N2)N1CCN(c2ccc(F)cc2)CC1. The van der Waals surface area contributed by atoms with Crippen LogP contribution in [0.25, 0.3) is 0 Å². The van der Waals surface area contributed by atoms with E-state index in [1.165, 1.54) is 12.1 Å². The second-order valence-electron chi connectivity index (χ2n) is 7.41. The van der Waals surface area contributed by atoms with Crippen LogP contribution in [0.2, 0.25) is 0 Å². The molecule has 30 heavy (non-hydrogen) atoms. The number of nitrogens with zero attached hydrogens (tertiary/aromatic N) is 3. The number of aliphatic imine (C=N–C) groups is 1. The third kappa shape index (κ3) is 4.82. The average molecular weight is 411 g/mol. The van der Waals surface area contributed by atoms with E-state index in [0.29, 0.717) is 25.5 Å². The summed E-state index contributed by atoms with van der Waals surface area (Å²) in [4.78, 5) is 20.1. The van der Waals surface area contributed by atoms with Crippen molar-refractivity contribution in [2.24, 2.45) is 10.7 Å². The Hall–Kier alpha value is -3.29. The highest BCUT2D eigenvalue weighted by Gasteiger charge is 2.18. The molecule has 1 saturated heterocycles. The van der Waals surface area contributed by atoms with Crippen LogP contribution in [0.5, 0.6) is 5.75 Å². The number of guanidine groups is 1. The van der Waals surface area contributed by atoms with Gasteiger partial charge in [0.2, 0.25) is 5.91 Å². The first-order valence-electron chi connectivity index (χ1n) is 10.2. The normalized spacial score (nSPS) is 16.8. The van der Waals surface area contributed by atoms with Gasteiger partial charge in [-0.15, -0.1) is 0 Å². The maximum atomic E-state index is 13.1. The van der Waals surface area contributed by atoms with Crippen molar-refractivity contribution in [1.82, 2.24) is 4.90 Å². The van der Waals surface area contributed by atoms with Crippen LogP contribution in [0.1, 0.15) is 12.0 Å². The van der Waals surface area contributed by atoms with E-state index in [1.807, 2.05) is 18.2 Å².